The van der Waals surface area contributed by atoms with E-state index in [-0.39, 0.29) is 5.56 Å². The quantitative estimate of drug-likeness (QED) is 0.886. The van der Waals surface area contributed by atoms with E-state index in [2.05, 4.69) is 0 Å². The van der Waals surface area contributed by atoms with Gasteiger partial charge in [0.15, 0.2) is 0 Å². The molecule has 102 valence electrons. The largest absolute Gasteiger partial charge is 0.416 e. The van der Waals surface area contributed by atoms with Crippen LogP contribution in [0.15, 0.2) is 36.4 Å². The molecule has 0 bridgehead atoms. The molecule has 1 aromatic heterocycles. The molecular weight excluding hydrogens is 273 g/mol. The first-order valence-corrected chi connectivity index (χ1v) is 6.68. The number of benzene rings is 1. The van der Waals surface area contributed by atoms with Crippen molar-refractivity contribution in [3.8, 4) is 0 Å². The van der Waals surface area contributed by atoms with Crippen LogP contribution in [0.2, 0.25) is 0 Å². The van der Waals surface area contributed by atoms with Gasteiger partial charge in [-0.2, -0.15) is 13.2 Å². The summed E-state index contributed by atoms with van der Waals surface area (Å²) in [4.78, 5) is 1.58. The molecule has 1 aromatic carbocycles. The van der Waals surface area contributed by atoms with Crippen LogP contribution in [0.1, 0.15) is 33.9 Å². The van der Waals surface area contributed by atoms with Gasteiger partial charge in [-0.05, 0) is 30.2 Å². The van der Waals surface area contributed by atoms with E-state index in [0.29, 0.717) is 4.88 Å². The number of aliphatic hydroxyl groups excluding tert-OH is 1. The van der Waals surface area contributed by atoms with Crippen LogP contribution < -0.4 is 0 Å². The lowest BCUT2D eigenvalue weighted by atomic mass is 10.0. The second-order valence-corrected chi connectivity index (χ2v) is 5.35. The van der Waals surface area contributed by atoms with Gasteiger partial charge in [-0.25, -0.2) is 0 Å². The standard InChI is InChI=1S/C14H13F3OS/c1-2-9-7-8-12(19-9)13(18)10-5-3-4-6-11(10)14(15,16)17/h3-8,13,18H,2H2,1H3. The smallest absolute Gasteiger partial charge is 0.383 e. The maximum absolute atomic E-state index is 12.9. The maximum atomic E-state index is 12.9. The van der Waals surface area contributed by atoms with Crippen molar-refractivity contribution in [2.45, 2.75) is 25.6 Å². The fourth-order valence-electron chi connectivity index (χ4n) is 1.88. The van der Waals surface area contributed by atoms with Crippen LogP contribution in [0.4, 0.5) is 13.2 Å². The Kier molecular flexibility index (Phi) is 3.96. The van der Waals surface area contributed by atoms with Gasteiger partial charge in [-0.1, -0.05) is 25.1 Å². The minimum atomic E-state index is -4.46. The van der Waals surface area contributed by atoms with E-state index >= 15 is 0 Å². The third-order valence-corrected chi connectivity index (χ3v) is 4.14. The monoisotopic (exact) mass is 286 g/mol. The number of alkyl halides is 3. The minimum absolute atomic E-state index is 0.0977. The molecule has 0 radical (unpaired) electrons. The highest BCUT2D eigenvalue weighted by molar-refractivity contribution is 7.12. The van der Waals surface area contributed by atoms with Gasteiger partial charge in [-0.15, -0.1) is 11.3 Å². The van der Waals surface area contributed by atoms with E-state index in [1.54, 1.807) is 6.07 Å². The molecule has 2 aromatic rings. The number of aryl methyl sites for hydroxylation is 1. The number of aliphatic hydroxyl groups is 1. The zero-order valence-corrected chi connectivity index (χ0v) is 11.1. The SMILES string of the molecule is CCc1ccc(C(O)c2ccccc2C(F)(F)F)s1. The molecule has 0 fully saturated rings. The summed E-state index contributed by atoms with van der Waals surface area (Å²) >= 11 is 1.34. The molecule has 1 unspecified atom stereocenters. The van der Waals surface area contributed by atoms with E-state index in [9.17, 15) is 18.3 Å². The van der Waals surface area contributed by atoms with Crippen molar-refractivity contribution < 1.29 is 18.3 Å². The average molecular weight is 286 g/mol. The number of thiophene rings is 1. The summed E-state index contributed by atoms with van der Waals surface area (Å²) in [5.41, 5.74) is -0.881. The minimum Gasteiger partial charge on any atom is -0.383 e. The predicted molar refractivity (Wildman–Crippen MR) is 69.2 cm³/mol. The van der Waals surface area contributed by atoms with Crippen molar-refractivity contribution in [2.75, 3.05) is 0 Å². The van der Waals surface area contributed by atoms with E-state index in [1.165, 1.54) is 29.5 Å². The first-order chi connectivity index (χ1) is 8.93. The van der Waals surface area contributed by atoms with Gasteiger partial charge in [0.05, 0.1) is 5.56 Å². The molecule has 2 rings (SSSR count). The Bertz CT molecular complexity index is 560. The number of hydrogen-bond acceptors (Lipinski definition) is 2. The Labute approximate surface area is 113 Å². The van der Waals surface area contributed by atoms with Crippen molar-refractivity contribution in [1.82, 2.24) is 0 Å². The molecule has 19 heavy (non-hydrogen) atoms. The Morgan fingerprint density at radius 2 is 1.84 bits per heavy atom. The average Bonchev–Trinajstić information content (AvgIpc) is 2.85. The fourth-order valence-corrected chi connectivity index (χ4v) is 2.84. The van der Waals surface area contributed by atoms with Crippen molar-refractivity contribution in [2.24, 2.45) is 0 Å². The zero-order chi connectivity index (χ0) is 14.0. The van der Waals surface area contributed by atoms with Crippen LogP contribution in [0.5, 0.6) is 0 Å². The first-order valence-electron chi connectivity index (χ1n) is 5.86. The van der Waals surface area contributed by atoms with Crippen LogP contribution in [-0.2, 0) is 12.6 Å². The molecule has 0 amide bonds. The van der Waals surface area contributed by atoms with Gasteiger partial charge in [0.25, 0.3) is 0 Å². The van der Waals surface area contributed by atoms with Crippen molar-refractivity contribution >= 4 is 11.3 Å². The van der Waals surface area contributed by atoms with Crippen molar-refractivity contribution in [1.29, 1.82) is 0 Å². The van der Waals surface area contributed by atoms with Gasteiger partial charge in [0.2, 0.25) is 0 Å². The molecular formula is C14H13F3OS. The molecule has 0 aliphatic heterocycles. The molecule has 0 aliphatic rings. The zero-order valence-electron chi connectivity index (χ0n) is 10.2. The van der Waals surface area contributed by atoms with E-state index in [4.69, 9.17) is 0 Å². The molecule has 0 spiro atoms. The normalized spacial score (nSPS) is 13.5. The van der Waals surface area contributed by atoms with Crippen LogP contribution in [-0.4, -0.2) is 5.11 Å². The topological polar surface area (TPSA) is 20.2 Å². The van der Waals surface area contributed by atoms with Gasteiger partial charge in [0.1, 0.15) is 6.10 Å². The molecule has 1 atom stereocenters. The van der Waals surface area contributed by atoms with E-state index in [0.717, 1.165) is 17.4 Å². The van der Waals surface area contributed by atoms with E-state index < -0.39 is 17.8 Å². The summed E-state index contributed by atoms with van der Waals surface area (Å²) in [7, 11) is 0. The van der Waals surface area contributed by atoms with E-state index in [1.807, 2.05) is 13.0 Å². The van der Waals surface area contributed by atoms with Crippen LogP contribution >= 0.6 is 11.3 Å². The molecule has 5 heteroatoms. The molecule has 1 nitrogen and oxygen atoms in total. The molecule has 0 saturated heterocycles. The highest BCUT2D eigenvalue weighted by Gasteiger charge is 2.35. The molecule has 0 aliphatic carbocycles. The summed E-state index contributed by atoms with van der Waals surface area (Å²) in [5.74, 6) is 0. The fraction of sp³-hybridized carbons (Fsp3) is 0.286. The lowest BCUT2D eigenvalue weighted by molar-refractivity contribution is -0.138. The van der Waals surface area contributed by atoms with Gasteiger partial charge >= 0.3 is 6.18 Å². The summed E-state index contributed by atoms with van der Waals surface area (Å²) in [5, 5.41) is 10.2. The first kappa shape index (κ1) is 14.1. The Morgan fingerprint density at radius 3 is 2.42 bits per heavy atom. The highest BCUT2D eigenvalue weighted by atomic mass is 32.1. The summed E-state index contributed by atoms with van der Waals surface area (Å²) in [6.45, 7) is 1.96. The lowest BCUT2D eigenvalue weighted by Gasteiger charge is -2.16. The Morgan fingerprint density at radius 1 is 1.16 bits per heavy atom. The Balaban J connectivity index is 2.41. The van der Waals surface area contributed by atoms with Crippen molar-refractivity contribution in [3.63, 3.8) is 0 Å². The number of halogens is 3. The van der Waals surface area contributed by atoms with Crippen LogP contribution in [0, 0.1) is 0 Å². The third-order valence-electron chi connectivity index (χ3n) is 2.86. The van der Waals surface area contributed by atoms with Crippen molar-refractivity contribution in [3.05, 3.63) is 57.3 Å². The second kappa shape index (κ2) is 5.35. The van der Waals surface area contributed by atoms with Crippen LogP contribution in [0.25, 0.3) is 0 Å². The molecule has 1 N–H and O–H groups in total. The predicted octanol–water partition coefficient (Wildman–Crippen LogP) is 4.41. The maximum Gasteiger partial charge on any atom is 0.416 e. The summed E-state index contributed by atoms with van der Waals surface area (Å²) in [6.07, 6.45) is -4.89. The molecule has 1 heterocycles. The summed E-state index contributed by atoms with van der Waals surface area (Å²) in [6, 6.07) is 8.65. The highest BCUT2D eigenvalue weighted by Crippen LogP contribution is 2.37. The number of hydrogen-bond donors (Lipinski definition) is 1. The van der Waals surface area contributed by atoms with Gasteiger partial charge in [0, 0.05) is 9.75 Å². The van der Waals surface area contributed by atoms with Crippen LogP contribution in [0.3, 0.4) is 0 Å². The lowest BCUT2D eigenvalue weighted by Crippen LogP contribution is -2.12. The third kappa shape index (κ3) is 2.98. The molecule has 0 saturated carbocycles. The van der Waals surface area contributed by atoms with Gasteiger partial charge in [-0.3, -0.25) is 0 Å². The summed E-state index contributed by atoms with van der Waals surface area (Å²) < 4.78 is 38.7. The van der Waals surface area contributed by atoms with Gasteiger partial charge < -0.3 is 5.11 Å². The second-order valence-electron chi connectivity index (χ2n) is 4.15. The number of rotatable bonds is 3. The Hall–Kier alpha value is -1.33.